The van der Waals surface area contributed by atoms with Crippen molar-refractivity contribution in [1.82, 2.24) is 5.32 Å². The number of phosphoric acid groups is 1. The predicted octanol–water partition coefficient (Wildman–Crippen LogP) is 17.3. The molecule has 0 saturated heterocycles. The number of likely N-dealkylation sites (N-methyl/N-ethyl adjacent to an activating group) is 1. The SMILES string of the molecule is CC/C=C/C=C/C=C\CCCCCCCC(=O)OC(/C=C\CCCCCCCCCCC)C(COP(=O)([O-])OCC[N+](C)(C)C)NC(=O)CCCCCCCCCCCCC/C=C/CCCCCCCC. The second-order valence-corrected chi connectivity index (χ2v) is 22.6. The van der Waals surface area contributed by atoms with E-state index in [0.717, 1.165) is 77.0 Å². The van der Waals surface area contributed by atoms with Crippen molar-refractivity contribution in [3.05, 3.63) is 60.8 Å². The van der Waals surface area contributed by atoms with Crippen LogP contribution in [0.4, 0.5) is 0 Å². The number of ether oxygens (including phenoxy) is 1. The van der Waals surface area contributed by atoms with Gasteiger partial charge < -0.3 is 28.5 Å². The minimum Gasteiger partial charge on any atom is -0.756 e. The number of rotatable bonds is 53. The lowest BCUT2D eigenvalue weighted by Gasteiger charge is -2.30. The van der Waals surface area contributed by atoms with Gasteiger partial charge in [0, 0.05) is 12.8 Å². The van der Waals surface area contributed by atoms with Crippen LogP contribution in [0.1, 0.15) is 265 Å². The second kappa shape index (κ2) is 51.2. The highest BCUT2D eigenvalue weighted by Crippen LogP contribution is 2.38. The molecule has 0 heterocycles. The lowest BCUT2D eigenvalue weighted by Crippen LogP contribution is -2.47. The smallest absolute Gasteiger partial charge is 0.306 e. The lowest BCUT2D eigenvalue weighted by molar-refractivity contribution is -0.870. The number of phosphoric ester groups is 1. The summed E-state index contributed by atoms with van der Waals surface area (Å²) in [4.78, 5) is 39.8. The maximum absolute atomic E-state index is 13.5. The number of esters is 1. The fourth-order valence-corrected chi connectivity index (χ4v) is 9.12. The molecule has 0 rings (SSSR count). The summed E-state index contributed by atoms with van der Waals surface area (Å²) >= 11 is 0. The first-order chi connectivity index (χ1) is 34.4. The minimum absolute atomic E-state index is 0.0270. The summed E-state index contributed by atoms with van der Waals surface area (Å²) in [6, 6.07) is -0.896. The lowest BCUT2D eigenvalue weighted by atomic mass is 10.0. The molecule has 1 N–H and O–H groups in total. The molecule has 0 aliphatic rings. The summed E-state index contributed by atoms with van der Waals surface area (Å²) in [6.07, 6.45) is 63.3. The van der Waals surface area contributed by atoms with E-state index in [9.17, 15) is 19.0 Å². The van der Waals surface area contributed by atoms with E-state index in [1.54, 1.807) is 0 Å². The topological polar surface area (TPSA) is 114 Å². The number of hydrogen-bond donors (Lipinski definition) is 1. The van der Waals surface area contributed by atoms with E-state index >= 15 is 0 Å². The zero-order chi connectivity index (χ0) is 52.2. The van der Waals surface area contributed by atoms with E-state index in [2.05, 4.69) is 74.7 Å². The first-order valence-electron chi connectivity index (χ1n) is 29.6. The number of quaternary nitrogens is 1. The predicted molar refractivity (Wildman–Crippen MR) is 302 cm³/mol. The van der Waals surface area contributed by atoms with Crippen molar-refractivity contribution in [2.45, 2.75) is 277 Å². The van der Waals surface area contributed by atoms with E-state index in [-0.39, 0.29) is 24.9 Å². The number of nitrogens with zero attached hydrogens (tertiary/aromatic N) is 1. The van der Waals surface area contributed by atoms with Crippen LogP contribution in [0.5, 0.6) is 0 Å². The molecule has 0 aliphatic carbocycles. The molecule has 414 valence electrons. The van der Waals surface area contributed by atoms with Crippen molar-refractivity contribution in [3.8, 4) is 0 Å². The second-order valence-electron chi connectivity index (χ2n) is 21.2. The van der Waals surface area contributed by atoms with Gasteiger partial charge in [0.2, 0.25) is 5.91 Å². The van der Waals surface area contributed by atoms with Gasteiger partial charge >= 0.3 is 5.97 Å². The Kier molecular flexibility index (Phi) is 49.6. The summed E-state index contributed by atoms with van der Waals surface area (Å²) in [6.45, 7) is 6.69. The van der Waals surface area contributed by atoms with Gasteiger partial charge in [-0.1, -0.05) is 236 Å². The van der Waals surface area contributed by atoms with Gasteiger partial charge in [0.25, 0.3) is 7.82 Å². The third kappa shape index (κ3) is 52.4. The Morgan fingerprint density at radius 2 is 0.915 bits per heavy atom. The largest absolute Gasteiger partial charge is 0.756 e. The van der Waals surface area contributed by atoms with E-state index < -0.39 is 26.6 Å². The molecule has 0 fully saturated rings. The quantitative estimate of drug-likeness (QED) is 0.0161. The van der Waals surface area contributed by atoms with Crippen LogP contribution in [0.15, 0.2) is 60.8 Å². The fourth-order valence-electron chi connectivity index (χ4n) is 8.40. The first kappa shape index (κ1) is 68.7. The average molecular weight is 1020 g/mol. The van der Waals surface area contributed by atoms with E-state index in [0.29, 0.717) is 23.9 Å². The Balaban J connectivity index is 5.21. The van der Waals surface area contributed by atoms with Crippen LogP contribution in [0.3, 0.4) is 0 Å². The van der Waals surface area contributed by atoms with Gasteiger partial charge in [0.05, 0.1) is 33.8 Å². The molecule has 9 nitrogen and oxygen atoms in total. The fraction of sp³-hybridized carbons (Fsp3) is 0.803. The summed E-state index contributed by atoms with van der Waals surface area (Å²) in [5, 5.41) is 3.02. The highest BCUT2D eigenvalue weighted by atomic mass is 31.2. The van der Waals surface area contributed by atoms with Crippen LogP contribution in [0.2, 0.25) is 0 Å². The van der Waals surface area contributed by atoms with Crippen molar-refractivity contribution >= 4 is 19.7 Å². The van der Waals surface area contributed by atoms with Crippen molar-refractivity contribution in [2.75, 3.05) is 40.9 Å². The molecule has 0 radical (unpaired) electrons. The molecule has 0 saturated carbocycles. The maximum atomic E-state index is 13.5. The zero-order valence-corrected chi connectivity index (χ0v) is 48.1. The molecular formula is C61H113N2O7P. The summed E-state index contributed by atoms with van der Waals surface area (Å²) in [5.74, 6) is -0.564. The molecule has 10 heteroatoms. The van der Waals surface area contributed by atoms with Crippen molar-refractivity contribution < 1.29 is 37.3 Å². The highest BCUT2D eigenvalue weighted by Gasteiger charge is 2.27. The van der Waals surface area contributed by atoms with Crippen molar-refractivity contribution in [3.63, 3.8) is 0 Å². The number of nitrogens with one attached hydrogen (secondary N) is 1. The normalized spacial score (nSPS) is 14.2. The molecule has 0 spiro atoms. The number of amides is 1. The third-order valence-corrected chi connectivity index (χ3v) is 14.0. The maximum Gasteiger partial charge on any atom is 0.306 e. The Hall–Kier alpha value is -2.29. The van der Waals surface area contributed by atoms with Gasteiger partial charge in [-0.15, -0.1) is 0 Å². The Morgan fingerprint density at radius 3 is 1.38 bits per heavy atom. The number of carbonyl (C=O) groups excluding carboxylic acids is 2. The zero-order valence-electron chi connectivity index (χ0n) is 47.2. The van der Waals surface area contributed by atoms with Crippen LogP contribution >= 0.6 is 7.82 Å². The minimum atomic E-state index is -4.70. The summed E-state index contributed by atoms with van der Waals surface area (Å²) in [7, 11) is 1.17. The summed E-state index contributed by atoms with van der Waals surface area (Å²) < 4.78 is 30.2. The molecule has 0 bridgehead atoms. The monoisotopic (exact) mass is 1020 g/mol. The molecule has 0 aromatic rings. The van der Waals surface area contributed by atoms with Gasteiger partial charge in [-0.05, 0) is 76.7 Å². The van der Waals surface area contributed by atoms with Gasteiger partial charge in [-0.25, -0.2) is 0 Å². The van der Waals surface area contributed by atoms with Crippen LogP contribution in [-0.2, 0) is 27.9 Å². The molecule has 0 aromatic carbocycles. The average Bonchev–Trinajstić information content (AvgIpc) is 3.33. The number of hydrogen-bond acceptors (Lipinski definition) is 7. The number of allylic oxidation sites excluding steroid dienone is 9. The molecule has 1 amide bonds. The Bertz CT molecular complexity index is 1400. The van der Waals surface area contributed by atoms with E-state index in [1.165, 1.54) is 148 Å². The van der Waals surface area contributed by atoms with Gasteiger partial charge in [-0.2, -0.15) is 0 Å². The van der Waals surface area contributed by atoms with Crippen LogP contribution in [0, 0.1) is 0 Å². The Labute approximate surface area is 439 Å². The van der Waals surface area contributed by atoms with Crippen LogP contribution in [-0.4, -0.2) is 69.4 Å². The molecule has 3 atom stereocenters. The van der Waals surface area contributed by atoms with E-state index in [1.807, 2.05) is 33.3 Å². The van der Waals surface area contributed by atoms with Crippen molar-refractivity contribution in [2.24, 2.45) is 0 Å². The molecule has 3 unspecified atom stereocenters. The number of carbonyl (C=O) groups is 2. The highest BCUT2D eigenvalue weighted by molar-refractivity contribution is 7.45. The molecule has 71 heavy (non-hydrogen) atoms. The standard InChI is InChI=1S/C61H113N2O7P/c1-7-10-13-16-19-22-25-27-28-29-30-31-32-33-34-36-38-41-44-47-50-53-60(64)62-58(57-69-71(66,67)68-56-55-63(4,5)6)59(52-49-46-43-40-37-24-21-18-15-12-9-3)70-61(65)54-51-48-45-42-39-35-26-23-20-17-14-11-8-2/h11,14,17,20,23,26-28,49,52,58-59H,7-10,12-13,15-16,18-19,21-22,24-25,29-48,50-51,53-57H2,1-6H3,(H-,62,64,66,67)/b14-11+,20-17+,26-23-,28-27+,52-49-. The van der Waals surface area contributed by atoms with Gasteiger partial charge in [-0.3, -0.25) is 14.2 Å². The molecule has 0 aliphatic heterocycles. The van der Waals surface area contributed by atoms with E-state index in [4.69, 9.17) is 13.8 Å². The third-order valence-electron chi connectivity index (χ3n) is 13.0. The van der Waals surface area contributed by atoms with Gasteiger partial charge in [0.15, 0.2) is 0 Å². The summed E-state index contributed by atoms with van der Waals surface area (Å²) in [5.41, 5.74) is 0. The van der Waals surface area contributed by atoms with Gasteiger partial charge in [0.1, 0.15) is 19.3 Å². The van der Waals surface area contributed by atoms with Crippen LogP contribution in [0.25, 0.3) is 0 Å². The van der Waals surface area contributed by atoms with Crippen molar-refractivity contribution in [1.29, 1.82) is 0 Å². The van der Waals surface area contributed by atoms with Crippen LogP contribution < -0.4 is 10.2 Å². The Morgan fingerprint density at radius 1 is 0.507 bits per heavy atom. The molecule has 0 aromatic heterocycles. The number of unbranched alkanes of at least 4 members (excludes halogenated alkanes) is 31. The first-order valence-corrected chi connectivity index (χ1v) is 31.1. The molecular weight excluding hydrogens is 904 g/mol.